The van der Waals surface area contributed by atoms with E-state index in [1.165, 1.54) is 0 Å². The molecule has 0 saturated carbocycles. The zero-order valence-electron chi connectivity index (χ0n) is 7.28. The van der Waals surface area contributed by atoms with Gasteiger partial charge in [0.05, 0.1) is 11.9 Å². The van der Waals surface area contributed by atoms with Crippen LogP contribution in [-0.4, -0.2) is 5.60 Å². The van der Waals surface area contributed by atoms with E-state index >= 15 is 0 Å². The van der Waals surface area contributed by atoms with E-state index in [1.807, 2.05) is 32.1 Å². The Bertz CT molecular complexity index is 283. The van der Waals surface area contributed by atoms with Crippen LogP contribution in [-0.2, 0) is 4.74 Å². The fourth-order valence-corrected chi connectivity index (χ4v) is 1.33. The summed E-state index contributed by atoms with van der Waals surface area (Å²) < 4.78 is 10.9. The molecule has 1 unspecified atom stereocenters. The van der Waals surface area contributed by atoms with E-state index < -0.39 is 0 Å². The minimum absolute atomic E-state index is 0.00463. The highest BCUT2D eigenvalue weighted by Gasteiger charge is 2.27. The highest BCUT2D eigenvalue weighted by molar-refractivity contribution is 5.16. The molecule has 0 aromatic carbocycles. The van der Waals surface area contributed by atoms with Gasteiger partial charge in [0.2, 0.25) is 0 Å². The Morgan fingerprint density at radius 1 is 1.42 bits per heavy atom. The molecule has 2 rings (SSSR count). The number of ether oxygens (including phenoxy) is 1. The highest BCUT2D eigenvalue weighted by atomic mass is 16.5. The minimum atomic E-state index is -0.155. The van der Waals surface area contributed by atoms with Crippen molar-refractivity contribution in [1.82, 2.24) is 0 Å². The second-order valence-electron chi connectivity index (χ2n) is 3.52. The quantitative estimate of drug-likeness (QED) is 0.595. The molecule has 2 heterocycles. The summed E-state index contributed by atoms with van der Waals surface area (Å²) in [6.45, 7) is 4.07. The summed E-state index contributed by atoms with van der Waals surface area (Å²) >= 11 is 0. The summed E-state index contributed by atoms with van der Waals surface area (Å²) in [5.74, 6) is 0.872. The average Bonchev–Trinajstić information content (AvgIpc) is 2.55. The van der Waals surface area contributed by atoms with Crippen LogP contribution in [0.25, 0.3) is 0 Å². The summed E-state index contributed by atoms with van der Waals surface area (Å²) in [5.41, 5.74) is -0.155. The molecule has 0 bridgehead atoms. The molecule has 0 amide bonds. The zero-order valence-corrected chi connectivity index (χ0v) is 7.28. The monoisotopic (exact) mass is 164 g/mol. The topological polar surface area (TPSA) is 22.4 Å². The van der Waals surface area contributed by atoms with Crippen LogP contribution in [0, 0.1) is 0 Å². The van der Waals surface area contributed by atoms with Gasteiger partial charge in [-0.25, -0.2) is 0 Å². The highest BCUT2D eigenvalue weighted by Crippen LogP contribution is 2.32. The lowest BCUT2D eigenvalue weighted by molar-refractivity contribution is -0.00842. The molecule has 0 spiro atoms. The second-order valence-corrected chi connectivity index (χ2v) is 3.52. The van der Waals surface area contributed by atoms with Gasteiger partial charge in [0.25, 0.3) is 0 Å². The van der Waals surface area contributed by atoms with Crippen LogP contribution >= 0.6 is 0 Å². The van der Waals surface area contributed by atoms with Crippen molar-refractivity contribution in [1.29, 1.82) is 0 Å². The van der Waals surface area contributed by atoms with Crippen LogP contribution in [0.1, 0.15) is 25.7 Å². The largest absolute Gasteiger partial charge is 0.466 e. The van der Waals surface area contributed by atoms with Gasteiger partial charge in [0.1, 0.15) is 11.9 Å². The molecule has 1 aromatic rings. The fraction of sp³-hybridized carbons (Fsp3) is 0.400. The molecule has 1 aliphatic rings. The van der Waals surface area contributed by atoms with Gasteiger partial charge in [0, 0.05) is 0 Å². The fourth-order valence-electron chi connectivity index (χ4n) is 1.33. The maximum atomic E-state index is 5.69. The van der Waals surface area contributed by atoms with Gasteiger partial charge < -0.3 is 9.15 Å². The van der Waals surface area contributed by atoms with Crippen LogP contribution < -0.4 is 0 Å². The van der Waals surface area contributed by atoms with E-state index in [2.05, 4.69) is 6.08 Å². The molecule has 1 aliphatic heterocycles. The minimum Gasteiger partial charge on any atom is -0.466 e. The Morgan fingerprint density at radius 3 is 2.75 bits per heavy atom. The first-order chi connectivity index (χ1) is 5.67. The number of rotatable bonds is 1. The predicted octanol–water partition coefficient (Wildman–Crippen LogP) is 2.69. The van der Waals surface area contributed by atoms with E-state index in [0.29, 0.717) is 0 Å². The van der Waals surface area contributed by atoms with Crippen molar-refractivity contribution < 1.29 is 9.15 Å². The van der Waals surface area contributed by atoms with E-state index in [0.717, 1.165) is 5.76 Å². The molecule has 0 radical (unpaired) electrons. The Kier molecular flexibility index (Phi) is 1.58. The van der Waals surface area contributed by atoms with Gasteiger partial charge in [-0.1, -0.05) is 6.08 Å². The van der Waals surface area contributed by atoms with E-state index in [9.17, 15) is 0 Å². The van der Waals surface area contributed by atoms with Crippen molar-refractivity contribution in [3.63, 3.8) is 0 Å². The normalized spacial score (nSPS) is 26.3. The molecule has 64 valence electrons. The van der Waals surface area contributed by atoms with Crippen molar-refractivity contribution in [2.24, 2.45) is 0 Å². The molecule has 1 aromatic heterocycles. The summed E-state index contributed by atoms with van der Waals surface area (Å²) in [6, 6.07) is 3.80. The van der Waals surface area contributed by atoms with Crippen molar-refractivity contribution in [2.45, 2.75) is 25.6 Å². The first kappa shape index (κ1) is 7.62. The molecular weight excluding hydrogens is 152 g/mol. The van der Waals surface area contributed by atoms with Crippen molar-refractivity contribution >= 4 is 0 Å². The van der Waals surface area contributed by atoms with Crippen LogP contribution in [0.4, 0.5) is 0 Å². The third-order valence-corrected chi connectivity index (χ3v) is 1.93. The Hall–Kier alpha value is -1.02. The smallest absolute Gasteiger partial charge is 0.136 e. The Morgan fingerprint density at radius 2 is 2.25 bits per heavy atom. The first-order valence-corrected chi connectivity index (χ1v) is 4.08. The summed E-state index contributed by atoms with van der Waals surface area (Å²) in [4.78, 5) is 0. The predicted molar refractivity (Wildman–Crippen MR) is 45.8 cm³/mol. The Balaban J connectivity index is 2.17. The number of hydrogen-bond donors (Lipinski definition) is 0. The Labute approximate surface area is 71.8 Å². The van der Waals surface area contributed by atoms with Crippen molar-refractivity contribution in [2.75, 3.05) is 0 Å². The van der Waals surface area contributed by atoms with Gasteiger partial charge in [-0.15, -0.1) is 0 Å². The molecule has 0 fully saturated rings. The first-order valence-electron chi connectivity index (χ1n) is 4.08. The van der Waals surface area contributed by atoms with Crippen molar-refractivity contribution in [3.8, 4) is 0 Å². The van der Waals surface area contributed by atoms with Gasteiger partial charge in [-0.2, -0.15) is 0 Å². The summed E-state index contributed by atoms with van der Waals surface area (Å²) in [7, 11) is 0. The molecule has 1 atom stereocenters. The standard InChI is InChI=1S/C10H12O2/c1-10(2)6-5-9(12-10)8-4-3-7-11-8/h3-7,9H,1-2H3. The summed E-state index contributed by atoms with van der Waals surface area (Å²) in [6.07, 6.45) is 5.74. The lowest BCUT2D eigenvalue weighted by Crippen LogP contribution is -2.17. The number of hydrogen-bond acceptors (Lipinski definition) is 2. The molecule has 0 aliphatic carbocycles. The van der Waals surface area contributed by atoms with Crippen LogP contribution in [0.3, 0.4) is 0 Å². The average molecular weight is 164 g/mol. The van der Waals surface area contributed by atoms with E-state index in [1.54, 1.807) is 6.26 Å². The lowest BCUT2D eigenvalue weighted by atomic mass is 10.1. The van der Waals surface area contributed by atoms with Gasteiger partial charge >= 0.3 is 0 Å². The molecule has 0 saturated heterocycles. The van der Waals surface area contributed by atoms with Gasteiger partial charge in [-0.3, -0.25) is 0 Å². The molecular formula is C10H12O2. The molecule has 2 nitrogen and oxygen atoms in total. The molecule has 12 heavy (non-hydrogen) atoms. The summed E-state index contributed by atoms with van der Waals surface area (Å²) in [5, 5.41) is 0. The third-order valence-electron chi connectivity index (χ3n) is 1.93. The zero-order chi connectivity index (χ0) is 8.60. The van der Waals surface area contributed by atoms with Crippen LogP contribution in [0.15, 0.2) is 35.0 Å². The maximum absolute atomic E-state index is 5.69. The molecule has 2 heteroatoms. The van der Waals surface area contributed by atoms with Crippen LogP contribution in [0.2, 0.25) is 0 Å². The molecule has 0 N–H and O–H groups in total. The number of furan rings is 1. The van der Waals surface area contributed by atoms with Gasteiger partial charge in [-0.05, 0) is 32.1 Å². The third kappa shape index (κ3) is 1.30. The van der Waals surface area contributed by atoms with E-state index in [4.69, 9.17) is 9.15 Å². The van der Waals surface area contributed by atoms with Gasteiger partial charge in [0.15, 0.2) is 0 Å². The lowest BCUT2D eigenvalue weighted by Gasteiger charge is -2.17. The second kappa shape index (κ2) is 2.49. The SMILES string of the molecule is CC1(C)C=CC(c2ccco2)O1. The maximum Gasteiger partial charge on any atom is 0.136 e. The van der Waals surface area contributed by atoms with E-state index in [-0.39, 0.29) is 11.7 Å². The van der Waals surface area contributed by atoms with Crippen LogP contribution in [0.5, 0.6) is 0 Å². The van der Waals surface area contributed by atoms with Crippen molar-refractivity contribution in [3.05, 3.63) is 36.3 Å².